The molecule has 0 aromatic heterocycles. The normalized spacial score (nSPS) is 15.4. The van der Waals surface area contributed by atoms with Crippen LogP contribution < -0.4 is 55.8 Å². The first-order chi connectivity index (χ1) is 44.7. The summed E-state index contributed by atoms with van der Waals surface area (Å²) in [6, 6.07) is 119. The third-order valence-corrected chi connectivity index (χ3v) is 34.3. The molecule has 20 rings (SSSR count). The fourth-order valence-corrected chi connectivity index (χ4v) is 33.0. The van der Waals surface area contributed by atoms with Gasteiger partial charge in [0.05, 0.1) is 0 Å². The van der Waals surface area contributed by atoms with Crippen molar-refractivity contribution >= 4 is 168 Å². The van der Waals surface area contributed by atoms with Crippen molar-refractivity contribution in [3.8, 4) is 22.3 Å². The van der Waals surface area contributed by atoms with Gasteiger partial charge in [0.2, 0.25) is 0 Å². The average molecular weight is 1270 g/mol. The first-order valence-electron chi connectivity index (χ1n) is 31.2. The topological polar surface area (TPSA) is 19.4 Å². The van der Waals surface area contributed by atoms with Crippen molar-refractivity contribution in [3.05, 3.63) is 315 Å². The molecule has 14 aromatic carbocycles. The summed E-state index contributed by atoms with van der Waals surface area (Å²) in [7, 11) is 0. The molecule has 6 aliphatic heterocycles. The Bertz CT molecular complexity index is 4940. The summed E-state index contributed by atoms with van der Waals surface area (Å²) in [6.07, 6.45) is 0. The van der Waals surface area contributed by atoms with E-state index in [0.717, 1.165) is 34.1 Å². The molecule has 0 spiro atoms. The summed E-state index contributed by atoms with van der Waals surface area (Å²) in [4.78, 5) is 15.9. The summed E-state index contributed by atoms with van der Waals surface area (Å²) in [5.74, 6) is 0. The van der Waals surface area contributed by atoms with E-state index in [9.17, 15) is 0 Å². The minimum absolute atomic E-state index is 1.14. The fraction of sp³-hybridized carbons (Fsp3) is 0. The third kappa shape index (κ3) is 7.00. The van der Waals surface area contributed by atoms with Crippen LogP contribution in [0.2, 0.25) is 0 Å². The molecule has 2 atom stereocenters. The molecule has 2 unspecified atom stereocenters. The number of hydrogen-bond donors (Lipinski definition) is 0. The van der Waals surface area contributed by atoms with Gasteiger partial charge in [-0.2, -0.15) is 0 Å². The molecule has 0 fully saturated rings. The van der Waals surface area contributed by atoms with Crippen molar-refractivity contribution in [1.82, 2.24) is 0 Å². The zero-order chi connectivity index (χ0) is 58.7. The van der Waals surface area contributed by atoms with Gasteiger partial charge in [0.1, 0.15) is 0 Å². The molecule has 14 aromatic rings. The first-order valence-corrected chi connectivity index (χ1v) is 38.5. The summed E-state index contributed by atoms with van der Waals surface area (Å²) in [5.41, 5.74) is 27.0. The van der Waals surface area contributed by atoms with E-state index in [2.05, 4.69) is 345 Å². The predicted octanol–water partition coefficient (Wildman–Crippen LogP) is 17.4. The number of nitrogens with zero attached hydrogens (tertiary/aromatic N) is 6. The van der Waals surface area contributed by atoms with Gasteiger partial charge in [0.15, 0.2) is 0 Å². The zero-order valence-corrected chi connectivity index (χ0v) is 53.7. The standard InChI is InChI=1S/C82H54Ge2N6/c1-9-27-53(28-10-1)55-47-69-77-71(49-55)87(59-35-17-5-18-36-59)73-51-63-64(81-79(73)83(77)75-65(85(69)57-31-13-3-14-32-57)43-25-45-67(75)89(81)61-39-21-7-22-40-61)52-74-80-82(63)90(62-41-23-8-24-42-62)68-46-26-44-66-76(68)84(80)78-70(86(66)58-33-15-4-16-34-58)48-56(54-29-11-2-12-30-54)50-72(78)88(74)60-37-19-6-20-38-60/h1-52,83-84H. The molecular formula is C82H54Ge2N6. The number of fused-ring (bicyclic) bond motifs is 3. The zero-order valence-electron chi connectivity index (χ0n) is 48.9. The molecule has 0 saturated carbocycles. The molecule has 0 saturated heterocycles. The Morgan fingerprint density at radius 2 is 0.389 bits per heavy atom. The van der Waals surface area contributed by atoms with Crippen LogP contribution in [0.4, 0.5) is 102 Å². The molecule has 6 nitrogen and oxygen atoms in total. The van der Waals surface area contributed by atoms with Gasteiger partial charge in [0.25, 0.3) is 0 Å². The minimum atomic E-state index is -3.28. The predicted molar refractivity (Wildman–Crippen MR) is 382 cm³/mol. The van der Waals surface area contributed by atoms with Crippen LogP contribution in [-0.4, -0.2) is 28.7 Å². The molecule has 420 valence electrons. The summed E-state index contributed by atoms with van der Waals surface area (Å²) >= 11 is -6.56. The van der Waals surface area contributed by atoms with Crippen LogP contribution in [0.3, 0.4) is 0 Å². The Morgan fingerprint density at radius 3 is 0.678 bits per heavy atom. The van der Waals surface area contributed by atoms with E-state index in [4.69, 9.17) is 0 Å². The molecule has 0 aliphatic carbocycles. The second-order valence-electron chi connectivity index (χ2n) is 24.3. The van der Waals surface area contributed by atoms with Crippen LogP contribution in [0.15, 0.2) is 315 Å². The van der Waals surface area contributed by atoms with Gasteiger partial charge in [-0.25, -0.2) is 0 Å². The molecular weight excluding hydrogens is 1210 g/mol. The Morgan fingerprint density at radius 1 is 0.167 bits per heavy atom. The van der Waals surface area contributed by atoms with Gasteiger partial charge < -0.3 is 0 Å². The van der Waals surface area contributed by atoms with Crippen LogP contribution in [-0.2, 0) is 0 Å². The molecule has 6 heterocycles. The van der Waals surface area contributed by atoms with Gasteiger partial charge >= 0.3 is 535 Å². The number of hydrogen-bond acceptors (Lipinski definition) is 6. The van der Waals surface area contributed by atoms with Crippen molar-refractivity contribution in [3.63, 3.8) is 0 Å². The maximum atomic E-state index is 2.69. The molecule has 0 bridgehead atoms. The van der Waals surface area contributed by atoms with Gasteiger partial charge in [-0.15, -0.1) is 0 Å². The van der Waals surface area contributed by atoms with Crippen LogP contribution in [0.25, 0.3) is 33.0 Å². The maximum absolute atomic E-state index is 3.28. The number of benzene rings is 14. The molecule has 8 heteroatoms. The van der Waals surface area contributed by atoms with Crippen molar-refractivity contribution in [1.29, 1.82) is 0 Å². The van der Waals surface area contributed by atoms with E-state index in [-0.39, 0.29) is 0 Å². The van der Waals surface area contributed by atoms with Crippen molar-refractivity contribution in [2.75, 3.05) is 29.4 Å². The SMILES string of the molecule is c1ccc(-c2cc3[c]4c(c2)N(c2ccccc2)c2cc5c6[c]7c(cc5c5[c]2[GeH]4[c]2c(cccc2N5c2ccccc2)N3c2ccccc2)N(c2ccccc2)c2cc(-c3ccccc3)cc3[c]2[GeH]7[c]2c(cccc2N6c2ccccc2)N3c2ccccc2)cc1. The summed E-state index contributed by atoms with van der Waals surface area (Å²) in [6.45, 7) is 0. The van der Waals surface area contributed by atoms with E-state index in [0.29, 0.717) is 0 Å². The quantitative estimate of drug-likeness (QED) is 0.140. The second-order valence-corrected chi connectivity index (χ2v) is 35.2. The Balaban J connectivity index is 0.992. The Labute approximate surface area is 531 Å². The van der Waals surface area contributed by atoms with Gasteiger partial charge in [0, 0.05) is 0 Å². The monoisotopic (exact) mass is 1270 g/mol. The van der Waals surface area contributed by atoms with Gasteiger partial charge in [-0.3, -0.25) is 0 Å². The molecule has 0 N–H and O–H groups in total. The van der Waals surface area contributed by atoms with E-state index in [1.165, 1.54) is 128 Å². The fourth-order valence-electron chi connectivity index (χ4n) is 16.3. The van der Waals surface area contributed by atoms with E-state index in [1.54, 1.807) is 0 Å². The molecule has 6 aliphatic rings. The van der Waals surface area contributed by atoms with Crippen LogP contribution >= 0.6 is 0 Å². The Hall–Kier alpha value is -10.8. The summed E-state index contributed by atoms with van der Waals surface area (Å²) in [5, 5.41) is 2.51. The molecule has 0 radical (unpaired) electrons. The second kappa shape index (κ2) is 19.4. The van der Waals surface area contributed by atoms with Crippen molar-refractivity contribution < 1.29 is 0 Å². The molecule has 0 amide bonds. The third-order valence-electron chi connectivity index (χ3n) is 19.7. The number of rotatable bonds is 8. The van der Waals surface area contributed by atoms with E-state index in [1.807, 2.05) is 0 Å². The average Bonchev–Trinajstić information content (AvgIpc) is 0.680. The van der Waals surface area contributed by atoms with Crippen LogP contribution in [0, 0.1) is 0 Å². The van der Waals surface area contributed by atoms with Gasteiger partial charge in [-0.1, -0.05) is 0 Å². The van der Waals surface area contributed by atoms with Crippen molar-refractivity contribution in [2.45, 2.75) is 0 Å². The summed E-state index contributed by atoms with van der Waals surface area (Å²) < 4.78 is 8.94. The van der Waals surface area contributed by atoms with E-state index >= 15 is 0 Å². The van der Waals surface area contributed by atoms with Crippen LogP contribution in [0.1, 0.15) is 0 Å². The first kappa shape index (κ1) is 50.2. The van der Waals surface area contributed by atoms with Gasteiger partial charge in [-0.05, 0) is 0 Å². The van der Waals surface area contributed by atoms with E-state index < -0.39 is 28.7 Å². The van der Waals surface area contributed by atoms with Crippen molar-refractivity contribution in [2.24, 2.45) is 0 Å². The van der Waals surface area contributed by atoms with Crippen LogP contribution in [0.5, 0.6) is 0 Å². The number of para-hydroxylation sites is 6. The number of anilines is 18. The Kier molecular flexibility index (Phi) is 10.8. The molecule has 90 heavy (non-hydrogen) atoms.